The molecular weight excluding hydrogens is 186 g/mol. The average molecular weight is 207 g/mol. The van der Waals surface area contributed by atoms with Gasteiger partial charge in [-0.1, -0.05) is 13.3 Å². The van der Waals surface area contributed by atoms with Crippen molar-refractivity contribution in [1.29, 1.82) is 0 Å². The maximum absolute atomic E-state index is 5.92. The normalized spacial score (nSPS) is 12.5. The van der Waals surface area contributed by atoms with Crippen LogP contribution in [0.25, 0.3) is 0 Å². The molecule has 1 aromatic rings. The van der Waals surface area contributed by atoms with Gasteiger partial charge in [0.05, 0.1) is 5.69 Å². The molecule has 1 aromatic heterocycles. The quantitative estimate of drug-likeness (QED) is 0.825. The van der Waals surface area contributed by atoms with Gasteiger partial charge < -0.3 is 10.6 Å². The molecule has 15 heavy (non-hydrogen) atoms. The number of anilines is 2. The Kier molecular flexibility index (Phi) is 3.95. The summed E-state index contributed by atoms with van der Waals surface area (Å²) in [5, 5.41) is 0. The lowest BCUT2D eigenvalue weighted by molar-refractivity contribution is 0.611. The molecule has 1 rings (SSSR count). The molecule has 0 spiro atoms. The molecule has 0 saturated heterocycles. The van der Waals surface area contributed by atoms with Crippen molar-refractivity contribution in [2.24, 2.45) is 0 Å². The Morgan fingerprint density at radius 3 is 2.73 bits per heavy atom. The molecule has 3 heteroatoms. The van der Waals surface area contributed by atoms with Gasteiger partial charge in [0.15, 0.2) is 5.82 Å². The van der Waals surface area contributed by atoms with E-state index < -0.39 is 0 Å². The predicted molar refractivity (Wildman–Crippen MR) is 66.2 cm³/mol. The summed E-state index contributed by atoms with van der Waals surface area (Å²) in [5.41, 5.74) is 7.68. The lowest BCUT2D eigenvalue weighted by atomic mass is 10.1. The number of nitrogens with two attached hydrogens (primary N) is 1. The topological polar surface area (TPSA) is 42.2 Å². The first-order chi connectivity index (χ1) is 7.06. The summed E-state index contributed by atoms with van der Waals surface area (Å²) in [6.07, 6.45) is 2.34. The highest BCUT2D eigenvalue weighted by molar-refractivity contribution is 5.62. The maximum Gasteiger partial charge on any atom is 0.152 e. The number of pyridine rings is 1. The van der Waals surface area contributed by atoms with Gasteiger partial charge in [0.1, 0.15) is 0 Å². The van der Waals surface area contributed by atoms with Gasteiger partial charge in [-0.15, -0.1) is 0 Å². The van der Waals surface area contributed by atoms with Crippen LogP contribution >= 0.6 is 0 Å². The van der Waals surface area contributed by atoms with Crippen LogP contribution in [0, 0.1) is 6.92 Å². The molecule has 0 bridgehead atoms. The van der Waals surface area contributed by atoms with Crippen molar-refractivity contribution < 1.29 is 0 Å². The Balaban J connectivity index is 2.89. The molecule has 0 aliphatic carbocycles. The summed E-state index contributed by atoms with van der Waals surface area (Å²) in [7, 11) is 2.05. The molecule has 1 heterocycles. The van der Waals surface area contributed by atoms with Crippen LogP contribution in [0.2, 0.25) is 0 Å². The van der Waals surface area contributed by atoms with E-state index in [1.54, 1.807) is 0 Å². The Morgan fingerprint density at radius 2 is 2.13 bits per heavy atom. The van der Waals surface area contributed by atoms with Crippen molar-refractivity contribution in [2.75, 3.05) is 17.7 Å². The third-order valence-electron chi connectivity index (χ3n) is 2.75. The number of nitrogens with zero attached hydrogens (tertiary/aromatic N) is 2. The van der Waals surface area contributed by atoms with Crippen LogP contribution in [0.3, 0.4) is 0 Å². The van der Waals surface area contributed by atoms with E-state index in [-0.39, 0.29) is 0 Å². The fourth-order valence-corrected chi connectivity index (χ4v) is 1.66. The minimum Gasteiger partial charge on any atom is -0.396 e. The molecule has 0 aliphatic rings. The number of nitrogen functional groups attached to an aromatic ring is 1. The highest BCUT2D eigenvalue weighted by Gasteiger charge is 2.12. The second-order valence-corrected chi connectivity index (χ2v) is 4.11. The van der Waals surface area contributed by atoms with Gasteiger partial charge in [-0.05, 0) is 32.4 Å². The van der Waals surface area contributed by atoms with E-state index in [9.17, 15) is 0 Å². The molecular formula is C12H21N3. The van der Waals surface area contributed by atoms with Crippen LogP contribution in [0.5, 0.6) is 0 Å². The van der Waals surface area contributed by atoms with E-state index in [0.717, 1.165) is 23.6 Å². The smallest absolute Gasteiger partial charge is 0.152 e. The molecule has 0 amide bonds. The molecule has 0 fully saturated rings. The third kappa shape index (κ3) is 2.85. The molecule has 3 nitrogen and oxygen atoms in total. The largest absolute Gasteiger partial charge is 0.396 e. The number of aromatic nitrogens is 1. The Bertz CT molecular complexity index is 323. The zero-order chi connectivity index (χ0) is 11.4. The molecule has 0 saturated carbocycles. The fourth-order valence-electron chi connectivity index (χ4n) is 1.66. The van der Waals surface area contributed by atoms with Crippen LogP contribution in [0.4, 0.5) is 11.5 Å². The monoisotopic (exact) mass is 207 g/mol. The number of aryl methyl sites for hydroxylation is 1. The Labute approximate surface area is 92.3 Å². The van der Waals surface area contributed by atoms with Gasteiger partial charge in [-0.25, -0.2) is 4.98 Å². The number of hydrogen-bond acceptors (Lipinski definition) is 3. The Hall–Kier alpha value is -1.25. The van der Waals surface area contributed by atoms with E-state index in [0.29, 0.717) is 6.04 Å². The average Bonchev–Trinajstić information content (AvgIpc) is 2.21. The summed E-state index contributed by atoms with van der Waals surface area (Å²) >= 11 is 0. The van der Waals surface area contributed by atoms with Gasteiger partial charge in [-0.3, -0.25) is 0 Å². The van der Waals surface area contributed by atoms with E-state index in [1.165, 1.54) is 6.42 Å². The number of rotatable bonds is 4. The second-order valence-electron chi connectivity index (χ2n) is 4.11. The summed E-state index contributed by atoms with van der Waals surface area (Å²) in [6, 6.07) is 4.34. The molecule has 84 valence electrons. The molecule has 1 unspecified atom stereocenters. The van der Waals surface area contributed by atoms with Gasteiger partial charge in [0, 0.05) is 18.8 Å². The first-order valence-electron chi connectivity index (χ1n) is 5.52. The minimum absolute atomic E-state index is 0.478. The zero-order valence-electron chi connectivity index (χ0n) is 10.1. The highest BCUT2D eigenvalue weighted by Crippen LogP contribution is 2.22. The molecule has 1 atom stereocenters. The van der Waals surface area contributed by atoms with E-state index in [4.69, 9.17) is 5.73 Å². The molecule has 0 aromatic carbocycles. The summed E-state index contributed by atoms with van der Waals surface area (Å²) in [6.45, 7) is 6.38. The standard InChI is InChI=1S/C12H21N3/c1-5-6-10(3)15(4)12-11(13)8-7-9(2)14-12/h7-8,10H,5-6,13H2,1-4H3. The van der Waals surface area contributed by atoms with E-state index >= 15 is 0 Å². The maximum atomic E-state index is 5.92. The van der Waals surface area contributed by atoms with E-state index in [1.807, 2.05) is 19.1 Å². The van der Waals surface area contributed by atoms with Crippen LogP contribution in [-0.4, -0.2) is 18.1 Å². The highest BCUT2D eigenvalue weighted by atomic mass is 15.2. The van der Waals surface area contributed by atoms with Gasteiger partial charge in [0.25, 0.3) is 0 Å². The summed E-state index contributed by atoms with van der Waals surface area (Å²) in [4.78, 5) is 6.64. The minimum atomic E-state index is 0.478. The van der Waals surface area contributed by atoms with Crippen molar-refractivity contribution in [3.8, 4) is 0 Å². The van der Waals surface area contributed by atoms with Crippen molar-refractivity contribution in [3.05, 3.63) is 17.8 Å². The van der Waals surface area contributed by atoms with Crippen molar-refractivity contribution in [2.45, 2.75) is 39.7 Å². The van der Waals surface area contributed by atoms with Crippen LogP contribution in [-0.2, 0) is 0 Å². The van der Waals surface area contributed by atoms with Crippen LogP contribution in [0.1, 0.15) is 32.4 Å². The van der Waals surface area contributed by atoms with Crippen molar-refractivity contribution in [3.63, 3.8) is 0 Å². The van der Waals surface area contributed by atoms with E-state index in [2.05, 4.69) is 30.8 Å². The lowest BCUT2D eigenvalue weighted by Crippen LogP contribution is -2.30. The SMILES string of the molecule is CCCC(C)N(C)c1nc(C)ccc1N. The number of hydrogen-bond donors (Lipinski definition) is 1. The fraction of sp³-hybridized carbons (Fsp3) is 0.583. The first kappa shape index (κ1) is 11.8. The first-order valence-corrected chi connectivity index (χ1v) is 5.52. The third-order valence-corrected chi connectivity index (χ3v) is 2.75. The summed E-state index contributed by atoms with van der Waals surface area (Å²) in [5.74, 6) is 0.899. The summed E-state index contributed by atoms with van der Waals surface area (Å²) < 4.78 is 0. The zero-order valence-corrected chi connectivity index (χ0v) is 10.1. The molecule has 0 aliphatic heterocycles. The van der Waals surface area contributed by atoms with Crippen molar-refractivity contribution >= 4 is 11.5 Å². The van der Waals surface area contributed by atoms with Crippen LogP contribution in [0.15, 0.2) is 12.1 Å². The molecule has 2 N–H and O–H groups in total. The predicted octanol–water partition coefficient (Wildman–Crippen LogP) is 2.60. The second kappa shape index (κ2) is 5.01. The van der Waals surface area contributed by atoms with Gasteiger partial charge >= 0.3 is 0 Å². The lowest BCUT2D eigenvalue weighted by Gasteiger charge is -2.27. The molecule has 0 radical (unpaired) electrons. The van der Waals surface area contributed by atoms with Gasteiger partial charge in [-0.2, -0.15) is 0 Å². The Morgan fingerprint density at radius 1 is 1.47 bits per heavy atom. The van der Waals surface area contributed by atoms with Crippen molar-refractivity contribution in [1.82, 2.24) is 4.98 Å². The van der Waals surface area contributed by atoms with Gasteiger partial charge in [0.2, 0.25) is 0 Å². The van der Waals surface area contributed by atoms with Crippen LogP contribution < -0.4 is 10.6 Å².